The molecular formula is C24H26N2O4. The number of aryl methyl sites for hydroxylation is 1. The summed E-state index contributed by atoms with van der Waals surface area (Å²) in [6, 6.07) is 9.61. The van der Waals surface area contributed by atoms with Crippen molar-refractivity contribution in [3.8, 4) is 11.7 Å². The quantitative estimate of drug-likeness (QED) is 0.304. The van der Waals surface area contributed by atoms with Gasteiger partial charge in [-0.1, -0.05) is 5.16 Å². The smallest absolute Gasteiger partial charge is 0.311 e. The Morgan fingerprint density at radius 2 is 1.83 bits per heavy atom. The molecule has 1 aliphatic rings. The molecule has 30 heavy (non-hydrogen) atoms. The molecule has 6 heteroatoms. The number of hydrogen-bond acceptors (Lipinski definition) is 6. The van der Waals surface area contributed by atoms with Crippen LogP contribution in [-0.4, -0.2) is 37.4 Å². The van der Waals surface area contributed by atoms with E-state index in [9.17, 15) is 0 Å². The Balaban J connectivity index is 1.24. The monoisotopic (exact) mass is 406 g/mol. The normalized spacial score (nSPS) is 12.1. The molecule has 0 atom stereocenters. The fraction of sp³-hybridized carbons (Fsp3) is 0.333. The first-order valence-electron chi connectivity index (χ1n) is 10.1. The molecule has 1 aromatic heterocycles. The van der Waals surface area contributed by atoms with Crippen LogP contribution < -0.4 is 9.47 Å². The molecule has 2 heterocycles. The van der Waals surface area contributed by atoms with Crippen LogP contribution in [0.4, 0.5) is 0 Å². The molecule has 0 radical (unpaired) electrons. The minimum absolute atomic E-state index is 0.447. The highest BCUT2D eigenvalue weighted by atomic mass is 16.6. The van der Waals surface area contributed by atoms with Gasteiger partial charge in [0.15, 0.2) is 0 Å². The summed E-state index contributed by atoms with van der Waals surface area (Å²) in [5.41, 5.74) is 7.99. The predicted octanol–water partition coefficient (Wildman–Crippen LogP) is 4.81. The molecular weight excluding hydrogens is 380 g/mol. The largest absolute Gasteiger partial charge is 0.494 e. The molecule has 0 N–H and O–H groups in total. The van der Waals surface area contributed by atoms with Gasteiger partial charge in [-0.15, -0.1) is 11.5 Å². The average molecular weight is 406 g/mol. The lowest BCUT2D eigenvalue weighted by atomic mass is 10.2. The van der Waals surface area contributed by atoms with Crippen LogP contribution in [0.25, 0.3) is 0 Å². The van der Waals surface area contributed by atoms with Crippen LogP contribution in [0.2, 0.25) is 0 Å². The third kappa shape index (κ3) is 7.51. The Kier molecular flexibility index (Phi) is 8.63. The van der Waals surface area contributed by atoms with Crippen molar-refractivity contribution in [1.82, 2.24) is 5.16 Å². The SMILES string of the molecule is Cc1cc(OCCC=C=CC=C=CCCCOc2ccc(C3=NCCO3)cc2)on1. The molecule has 6 nitrogen and oxygen atoms in total. The van der Waals surface area contributed by atoms with Crippen molar-refractivity contribution in [2.75, 3.05) is 26.4 Å². The molecule has 0 unspecified atom stereocenters. The molecule has 1 aliphatic heterocycles. The van der Waals surface area contributed by atoms with Gasteiger partial charge in [-0.05, 0) is 68.3 Å². The van der Waals surface area contributed by atoms with Crippen LogP contribution in [0.5, 0.6) is 11.7 Å². The maximum Gasteiger partial charge on any atom is 0.311 e. The second kappa shape index (κ2) is 12.2. The lowest BCUT2D eigenvalue weighted by Crippen LogP contribution is -2.01. The van der Waals surface area contributed by atoms with Crippen molar-refractivity contribution < 1.29 is 18.7 Å². The van der Waals surface area contributed by atoms with Crippen molar-refractivity contribution in [1.29, 1.82) is 0 Å². The number of allylic oxidation sites excluding steroid dienone is 1. The summed E-state index contributed by atoms with van der Waals surface area (Å²) in [4.78, 5) is 4.30. The van der Waals surface area contributed by atoms with E-state index in [1.807, 2.05) is 55.5 Å². The minimum atomic E-state index is 0.447. The van der Waals surface area contributed by atoms with Crippen molar-refractivity contribution >= 4 is 5.90 Å². The summed E-state index contributed by atoms with van der Waals surface area (Å²) >= 11 is 0. The number of hydrogen-bond donors (Lipinski definition) is 0. The second-order valence-corrected chi connectivity index (χ2v) is 6.55. The van der Waals surface area contributed by atoms with Crippen molar-refractivity contribution in [2.45, 2.75) is 26.2 Å². The van der Waals surface area contributed by atoms with Gasteiger partial charge in [0, 0.05) is 18.1 Å². The van der Waals surface area contributed by atoms with Crippen LogP contribution in [0.3, 0.4) is 0 Å². The van der Waals surface area contributed by atoms with E-state index in [-0.39, 0.29) is 0 Å². The van der Waals surface area contributed by atoms with Crippen LogP contribution >= 0.6 is 0 Å². The molecule has 0 fully saturated rings. The summed E-state index contributed by atoms with van der Waals surface area (Å²) in [6.07, 6.45) is 10.1. The summed E-state index contributed by atoms with van der Waals surface area (Å²) in [6.45, 7) is 4.45. The fourth-order valence-electron chi connectivity index (χ4n) is 2.60. The van der Waals surface area contributed by atoms with Gasteiger partial charge >= 0.3 is 5.95 Å². The molecule has 0 amide bonds. The number of rotatable bonds is 11. The van der Waals surface area contributed by atoms with E-state index in [1.54, 1.807) is 6.07 Å². The van der Waals surface area contributed by atoms with Gasteiger partial charge in [0.1, 0.15) is 12.4 Å². The molecule has 0 aliphatic carbocycles. The molecule has 3 rings (SSSR count). The number of unbranched alkanes of at least 4 members (excludes halogenated alkanes) is 1. The minimum Gasteiger partial charge on any atom is -0.494 e. The molecule has 0 bridgehead atoms. The third-order valence-corrected chi connectivity index (χ3v) is 4.07. The van der Waals surface area contributed by atoms with E-state index >= 15 is 0 Å². The average Bonchev–Trinajstić information content (AvgIpc) is 3.44. The van der Waals surface area contributed by atoms with Gasteiger partial charge in [0.2, 0.25) is 5.90 Å². The van der Waals surface area contributed by atoms with Crippen LogP contribution in [-0.2, 0) is 4.74 Å². The van der Waals surface area contributed by atoms with E-state index < -0.39 is 0 Å². The number of benzene rings is 1. The zero-order valence-corrected chi connectivity index (χ0v) is 17.2. The van der Waals surface area contributed by atoms with Gasteiger partial charge in [-0.25, -0.2) is 4.99 Å². The molecule has 0 saturated carbocycles. The van der Waals surface area contributed by atoms with E-state index in [4.69, 9.17) is 18.7 Å². The number of aliphatic imine (C=N–C) groups is 1. The number of ether oxygens (including phenoxy) is 3. The predicted molar refractivity (Wildman–Crippen MR) is 115 cm³/mol. The van der Waals surface area contributed by atoms with Gasteiger partial charge in [-0.3, -0.25) is 0 Å². The first kappa shape index (κ1) is 21.3. The Bertz CT molecular complexity index is 944. The van der Waals surface area contributed by atoms with E-state index in [1.165, 1.54) is 0 Å². The first-order chi connectivity index (χ1) is 14.8. The van der Waals surface area contributed by atoms with Gasteiger partial charge in [-0.2, -0.15) is 0 Å². The van der Waals surface area contributed by atoms with Crippen molar-refractivity contribution in [2.24, 2.45) is 4.99 Å². The fourth-order valence-corrected chi connectivity index (χ4v) is 2.60. The summed E-state index contributed by atoms with van der Waals surface area (Å²) < 4.78 is 21.6. The van der Waals surface area contributed by atoms with Crippen LogP contribution in [0.1, 0.15) is 30.5 Å². The van der Waals surface area contributed by atoms with Gasteiger partial charge in [0.05, 0.1) is 25.5 Å². The third-order valence-electron chi connectivity index (χ3n) is 4.07. The Morgan fingerprint density at radius 1 is 1.03 bits per heavy atom. The highest BCUT2D eigenvalue weighted by Gasteiger charge is 2.09. The highest BCUT2D eigenvalue weighted by Crippen LogP contribution is 2.15. The van der Waals surface area contributed by atoms with Crippen molar-refractivity contribution in [3.05, 3.63) is 77.4 Å². The lowest BCUT2D eigenvalue weighted by Gasteiger charge is -2.06. The maximum absolute atomic E-state index is 5.75. The zero-order chi connectivity index (χ0) is 20.9. The molecule has 0 saturated heterocycles. The van der Waals surface area contributed by atoms with Crippen molar-refractivity contribution in [3.63, 3.8) is 0 Å². The van der Waals surface area contributed by atoms with E-state index in [0.29, 0.717) is 25.8 Å². The molecule has 156 valence electrons. The lowest BCUT2D eigenvalue weighted by molar-refractivity contribution is 0.217. The van der Waals surface area contributed by atoms with Gasteiger partial charge in [0.25, 0.3) is 0 Å². The van der Waals surface area contributed by atoms with E-state index in [0.717, 1.165) is 48.7 Å². The van der Waals surface area contributed by atoms with E-state index in [2.05, 4.69) is 21.6 Å². The van der Waals surface area contributed by atoms with Gasteiger partial charge < -0.3 is 18.7 Å². The summed E-state index contributed by atoms with van der Waals surface area (Å²) in [7, 11) is 0. The number of aromatic nitrogens is 1. The number of nitrogens with zero attached hydrogens (tertiary/aromatic N) is 2. The summed E-state index contributed by atoms with van der Waals surface area (Å²) in [5, 5.41) is 3.76. The molecule has 0 spiro atoms. The summed E-state index contributed by atoms with van der Waals surface area (Å²) in [5.74, 6) is 2.02. The Morgan fingerprint density at radius 3 is 2.53 bits per heavy atom. The maximum atomic E-state index is 5.75. The topological polar surface area (TPSA) is 66.1 Å². The van der Waals surface area contributed by atoms with Crippen LogP contribution in [0, 0.1) is 6.92 Å². The Hall–Kier alpha value is -3.46. The first-order valence-corrected chi connectivity index (χ1v) is 10.1. The van der Waals surface area contributed by atoms with Crippen LogP contribution in [0.15, 0.2) is 75.6 Å². The molecule has 2 aromatic rings. The zero-order valence-electron chi connectivity index (χ0n) is 17.2. The Labute approximate surface area is 176 Å². The highest BCUT2D eigenvalue weighted by molar-refractivity contribution is 5.94. The second-order valence-electron chi connectivity index (χ2n) is 6.55. The molecule has 1 aromatic carbocycles. The standard InChI is InChI=1S/C24H26N2O4/c1-20-19-23(30-26-20)28-17-10-8-6-4-2-3-5-7-9-16-27-22-13-11-21(12-14-22)24-25-15-18-29-24/h2,4-5,8,11-14,19H,7,9-10,15-18H2,1H3.